The highest BCUT2D eigenvalue weighted by molar-refractivity contribution is 6.07. The predicted octanol–water partition coefficient (Wildman–Crippen LogP) is 2.13. The van der Waals surface area contributed by atoms with Crippen LogP contribution in [0.3, 0.4) is 0 Å². The van der Waals surface area contributed by atoms with E-state index >= 15 is 0 Å². The largest absolute Gasteiger partial charge is 0.463 e. The van der Waals surface area contributed by atoms with Gasteiger partial charge in [-0.05, 0) is 25.1 Å². The third kappa shape index (κ3) is 3.31. The fourth-order valence-electron chi connectivity index (χ4n) is 1.08. The van der Waals surface area contributed by atoms with Crippen LogP contribution >= 0.6 is 0 Å². The molecule has 0 heterocycles. The lowest BCUT2D eigenvalue weighted by Crippen LogP contribution is -2.02. The zero-order chi connectivity index (χ0) is 12.0. The summed E-state index contributed by atoms with van der Waals surface area (Å²) in [4.78, 5) is 22.3. The lowest BCUT2D eigenvalue weighted by molar-refractivity contribution is -0.137. The van der Waals surface area contributed by atoms with Crippen LogP contribution in [0.25, 0.3) is 0 Å². The zero-order valence-corrected chi connectivity index (χ0v) is 8.77. The molecule has 1 aromatic rings. The van der Waals surface area contributed by atoms with Gasteiger partial charge in [0, 0.05) is 6.08 Å². The Labute approximate surface area is 92.5 Å². The molecule has 0 atom stereocenters. The molecule has 0 radical (unpaired) electrons. The number of esters is 1. The molecule has 16 heavy (non-hydrogen) atoms. The molecule has 0 aromatic heterocycles. The van der Waals surface area contributed by atoms with Crippen LogP contribution in [0.4, 0.5) is 4.39 Å². The minimum Gasteiger partial charge on any atom is -0.463 e. The van der Waals surface area contributed by atoms with Crippen molar-refractivity contribution in [3.8, 4) is 0 Å². The maximum Gasteiger partial charge on any atom is 0.330 e. The lowest BCUT2D eigenvalue weighted by atomic mass is 10.1. The van der Waals surface area contributed by atoms with E-state index in [1.165, 1.54) is 18.2 Å². The molecule has 0 spiro atoms. The number of allylic oxidation sites excluding steroid dienone is 1. The summed E-state index contributed by atoms with van der Waals surface area (Å²) in [5.74, 6) is -1.79. The first-order valence-corrected chi connectivity index (χ1v) is 4.79. The number of carbonyl (C=O) groups excluding carboxylic acids is 2. The maximum absolute atomic E-state index is 13.1. The molecule has 4 heteroatoms. The average Bonchev–Trinajstić information content (AvgIpc) is 2.27. The van der Waals surface area contributed by atoms with Crippen molar-refractivity contribution in [3.63, 3.8) is 0 Å². The molecule has 0 saturated heterocycles. The van der Waals surface area contributed by atoms with E-state index in [-0.39, 0.29) is 12.2 Å². The van der Waals surface area contributed by atoms with Crippen molar-refractivity contribution in [2.24, 2.45) is 0 Å². The van der Waals surface area contributed by atoms with Crippen LogP contribution in [-0.4, -0.2) is 18.4 Å². The van der Waals surface area contributed by atoms with Crippen LogP contribution in [0.15, 0.2) is 36.4 Å². The van der Waals surface area contributed by atoms with E-state index in [0.29, 0.717) is 0 Å². The molecule has 0 fully saturated rings. The summed E-state index contributed by atoms with van der Waals surface area (Å²) in [6.07, 6.45) is 1.98. The fraction of sp³-hybridized carbons (Fsp3) is 0.167. The van der Waals surface area contributed by atoms with Crippen LogP contribution in [-0.2, 0) is 9.53 Å². The number of hydrogen-bond acceptors (Lipinski definition) is 3. The van der Waals surface area contributed by atoms with Gasteiger partial charge >= 0.3 is 5.97 Å². The Bertz CT molecular complexity index is 424. The highest BCUT2D eigenvalue weighted by Gasteiger charge is 2.07. The van der Waals surface area contributed by atoms with E-state index in [1.54, 1.807) is 13.0 Å². The van der Waals surface area contributed by atoms with Gasteiger partial charge in [-0.25, -0.2) is 9.18 Å². The van der Waals surface area contributed by atoms with Crippen molar-refractivity contribution in [3.05, 3.63) is 47.8 Å². The van der Waals surface area contributed by atoms with E-state index in [2.05, 4.69) is 4.74 Å². The Balaban J connectivity index is 2.73. The minimum absolute atomic E-state index is 0.0666. The molecule has 0 aliphatic carbocycles. The molecule has 0 aliphatic heterocycles. The molecule has 0 N–H and O–H groups in total. The predicted molar refractivity (Wildman–Crippen MR) is 56.5 cm³/mol. The van der Waals surface area contributed by atoms with E-state index in [0.717, 1.165) is 12.2 Å². The number of ketones is 1. The van der Waals surface area contributed by atoms with Crippen molar-refractivity contribution >= 4 is 11.8 Å². The molecular formula is C12H11FO3. The van der Waals surface area contributed by atoms with Gasteiger partial charge in [-0.2, -0.15) is 0 Å². The molecule has 1 aromatic carbocycles. The SMILES string of the molecule is CCOC(=O)/C=C/C(=O)c1ccccc1F. The first-order valence-electron chi connectivity index (χ1n) is 4.79. The third-order valence-electron chi connectivity index (χ3n) is 1.80. The van der Waals surface area contributed by atoms with Crippen molar-refractivity contribution in [2.45, 2.75) is 6.92 Å². The molecule has 84 valence electrons. The summed E-state index contributed by atoms with van der Waals surface area (Å²) in [5.41, 5.74) is -0.0666. The summed E-state index contributed by atoms with van der Waals surface area (Å²) < 4.78 is 17.7. The van der Waals surface area contributed by atoms with Crippen molar-refractivity contribution in [2.75, 3.05) is 6.61 Å². The second kappa shape index (κ2) is 5.80. The molecule has 3 nitrogen and oxygen atoms in total. The van der Waals surface area contributed by atoms with E-state index in [9.17, 15) is 14.0 Å². The average molecular weight is 222 g/mol. The standard InChI is InChI=1S/C12H11FO3/c1-2-16-12(15)8-7-11(14)9-5-3-4-6-10(9)13/h3-8H,2H2,1H3/b8-7+. The van der Waals surface area contributed by atoms with Gasteiger partial charge in [0.2, 0.25) is 0 Å². The van der Waals surface area contributed by atoms with Gasteiger partial charge in [0.1, 0.15) is 5.82 Å². The summed E-state index contributed by atoms with van der Waals surface area (Å²) in [7, 11) is 0. The highest BCUT2D eigenvalue weighted by Crippen LogP contribution is 2.07. The highest BCUT2D eigenvalue weighted by atomic mass is 19.1. The second-order valence-electron chi connectivity index (χ2n) is 2.93. The molecule has 0 unspecified atom stereocenters. The van der Waals surface area contributed by atoms with Gasteiger partial charge in [-0.1, -0.05) is 12.1 Å². The Morgan fingerprint density at radius 3 is 2.62 bits per heavy atom. The number of rotatable bonds is 4. The summed E-state index contributed by atoms with van der Waals surface area (Å²) in [6.45, 7) is 1.89. The minimum atomic E-state index is -0.618. The van der Waals surface area contributed by atoms with Crippen LogP contribution in [0.1, 0.15) is 17.3 Å². The normalized spacial score (nSPS) is 10.4. The van der Waals surface area contributed by atoms with E-state index in [4.69, 9.17) is 0 Å². The van der Waals surface area contributed by atoms with Gasteiger partial charge in [0.05, 0.1) is 12.2 Å². The maximum atomic E-state index is 13.1. The monoisotopic (exact) mass is 222 g/mol. The van der Waals surface area contributed by atoms with Crippen molar-refractivity contribution < 1.29 is 18.7 Å². The van der Waals surface area contributed by atoms with Crippen LogP contribution in [0, 0.1) is 5.82 Å². The number of hydrogen-bond donors (Lipinski definition) is 0. The van der Waals surface area contributed by atoms with Gasteiger partial charge in [-0.3, -0.25) is 4.79 Å². The summed E-state index contributed by atoms with van der Waals surface area (Å²) in [5, 5.41) is 0. The quantitative estimate of drug-likeness (QED) is 0.445. The van der Waals surface area contributed by atoms with Crippen LogP contribution in [0.5, 0.6) is 0 Å². The van der Waals surface area contributed by atoms with Crippen molar-refractivity contribution in [1.82, 2.24) is 0 Å². The summed E-state index contributed by atoms with van der Waals surface area (Å²) in [6, 6.07) is 5.58. The topological polar surface area (TPSA) is 43.4 Å². The summed E-state index contributed by atoms with van der Waals surface area (Å²) >= 11 is 0. The Kier molecular flexibility index (Phi) is 4.39. The Morgan fingerprint density at radius 1 is 1.31 bits per heavy atom. The molecule has 0 saturated carbocycles. The van der Waals surface area contributed by atoms with Gasteiger partial charge in [-0.15, -0.1) is 0 Å². The van der Waals surface area contributed by atoms with Crippen molar-refractivity contribution in [1.29, 1.82) is 0 Å². The Morgan fingerprint density at radius 2 is 2.00 bits per heavy atom. The fourth-order valence-corrected chi connectivity index (χ4v) is 1.08. The van der Waals surface area contributed by atoms with Crippen LogP contribution < -0.4 is 0 Å². The van der Waals surface area contributed by atoms with Crippen LogP contribution in [0.2, 0.25) is 0 Å². The smallest absolute Gasteiger partial charge is 0.330 e. The lowest BCUT2D eigenvalue weighted by Gasteiger charge is -1.97. The molecule has 1 rings (SSSR count). The van der Waals surface area contributed by atoms with E-state index in [1.807, 2.05) is 0 Å². The molecular weight excluding hydrogens is 211 g/mol. The Hall–Kier alpha value is -1.97. The van der Waals surface area contributed by atoms with Gasteiger partial charge in [0.25, 0.3) is 0 Å². The molecule has 0 bridgehead atoms. The zero-order valence-electron chi connectivity index (χ0n) is 8.77. The molecule has 0 aliphatic rings. The van der Waals surface area contributed by atoms with Gasteiger partial charge in [0.15, 0.2) is 5.78 Å². The van der Waals surface area contributed by atoms with Gasteiger partial charge < -0.3 is 4.74 Å². The number of benzene rings is 1. The number of ether oxygens (including phenoxy) is 1. The number of carbonyl (C=O) groups is 2. The van der Waals surface area contributed by atoms with E-state index < -0.39 is 17.6 Å². The second-order valence-corrected chi connectivity index (χ2v) is 2.93. The third-order valence-corrected chi connectivity index (χ3v) is 1.80. The molecule has 0 amide bonds. The first-order chi connectivity index (χ1) is 7.65. The first kappa shape index (κ1) is 12.1. The number of halogens is 1.